The second-order valence-electron chi connectivity index (χ2n) is 6.18. The minimum atomic E-state index is -3.52. The molecule has 1 amide bonds. The molecule has 0 radical (unpaired) electrons. The average Bonchev–Trinajstić information content (AvgIpc) is 2.56. The number of amides is 1. The van der Waals surface area contributed by atoms with Crippen LogP contribution in [0.1, 0.15) is 19.4 Å². The van der Waals surface area contributed by atoms with Crippen molar-refractivity contribution >= 4 is 31.9 Å². The lowest BCUT2D eigenvalue weighted by molar-refractivity contribution is -0.132. The maximum atomic E-state index is 12.9. The van der Waals surface area contributed by atoms with Crippen molar-refractivity contribution in [3.8, 4) is 0 Å². The Hall–Kier alpha value is -0.960. The van der Waals surface area contributed by atoms with Crippen LogP contribution in [-0.4, -0.2) is 74.2 Å². The monoisotopic (exact) mass is 431 g/mol. The van der Waals surface area contributed by atoms with Crippen molar-refractivity contribution in [2.45, 2.75) is 25.7 Å². The third-order valence-electron chi connectivity index (χ3n) is 4.51. The van der Waals surface area contributed by atoms with Crippen molar-refractivity contribution < 1.29 is 13.2 Å². The zero-order valence-electron chi connectivity index (χ0n) is 15.0. The third kappa shape index (κ3) is 4.81. The van der Waals surface area contributed by atoms with Gasteiger partial charge in [0.25, 0.3) is 0 Å². The fourth-order valence-electron chi connectivity index (χ4n) is 2.95. The first kappa shape index (κ1) is 20.4. The molecule has 1 saturated heterocycles. The summed E-state index contributed by atoms with van der Waals surface area (Å²) in [7, 11) is -3.52. The molecule has 1 aromatic rings. The number of halogens is 1. The number of carbonyl (C=O) groups is 1. The topological polar surface area (TPSA) is 60.9 Å². The van der Waals surface area contributed by atoms with E-state index >= 15 is 0 Å². The van der Waals surface area contributed by atoms with Gasteiger partial charge in [0, 0.05) is 43.7 Å². The Kier molecular flexibility index (Phi) is 7.01. The van der Waals surface area contributed by atoms with Crippen molar-refractivity contribution in [2.24, 2.45) is 0 Å². The number of nitrogens with zero attached hydrogens (tertiary/aromatic N) is 3. The zero-order chi connectivity index (χ0) is 18.6. The van der Waals surface area contributed by atoms with E-state index in [0.717, 1.165) is 5.56 Å². The Bertz CT molecular complexity index is 712. The lowest BCUT2D eigenvalue weighted by atomic mass is 10.2. The second kappa shape index (κ2) is 8.62. The molecule has 0 aromatic heterocycles. The largest absolute Gasteiger partial charge is 0.342 e. The number of rotatable bonds is 6. The number of aryl methyl sites for hydroxylation is 1. The van der Waals surface area contributed by atoms with E-state index in [1.165, 1.54) is 4.31 Å². The highest BCUT2D eigenvalue weighted by Gasteiger charge is 2.30. The summed E-state index contributed by atoms with van der Waals surface area (Å²) in [6.07, 6.45) is 0. The van der Waals surface area contributed by atoms with Gasteiger partial charge in [0.05, 0.1) is 11.4 Å². The van der Waals surface area contributed by atoms with E-state index in [0.29, 0.717) is 55.2 Å². The molecule has 0 unspecified atom stereocenters. The molecule has 6 nitrogen and oxygen atoms in total. The highest BCUT2D eigenvalue weighted by atomic mass is 79.9. The summed E-state index contributed by atoms with van der Waals surface area (Å²) in [5.74, 6) is 0.0996. The first-order valence-corrected chi connectivity index (χ1v) is 10.8. The fraction of sp³-hybridized carbons (Fsp3) is 0.588. The Labute approximate surface area is 159 Å². The Morgan fingerprint density at radius 3 is 2.28 bits per heavy atom. The summed E-state index contributed by atoms with van der Waals surface area (Å²) < 4.78 is 27.8. The Morgan fingerprint density at radius 2 is 1.76 bits per heavy atom. The highest BCUT2D eigenvalue weighted by molar-refractivity contribution is 9.10. The normalized spacial score (nSPS) is 16.8. The van der Waals surface area contributed by atoms with Crippen molar-refractivity contribution in [1.29, 1.82) is 0 Å². The van der Waals surface area contributed by atoms with Crippen LogP contribution < -0.4 is 0 Å². The fourth-order valence-corrected chi connectivity index (χ4v) is 5.52. The summed E-state index contributed by atoms with van der Waals surface area (Å²) in [5.41, 5.74) is 1.01. The van der Waals surface area contributed by atoms with Crippen LogP contribution >= 0.6 is 15.9 Å². The molecule has 140 valence electrons. The molecule has 0 atom stereocenters. The van der Waals surface area contributed by atoms with E-state index in [1.807, 2.05) is 31.7 Å². The van der Waals surface area contributed by atoms with Crippen molar-refractivity contribution in [3.05, 3.63) is 28.2 Å². The Balaban J connectivity index is 2.00. The van der Waals surface area contributed by atoms with E-state index in [1.54, 1.807) is 17.0 Å². The summed E-state index contributed by atoms with van der Waals surface area (Å²) in [5, 5.41) is 0. The molecule has 0 spiro atoms. The van der Waals surface area contributed by atoms with Gasteiger partial charge in [-0.3, -0.25) is 9.69 Å². The maximum Gasteiger partial charge on any atom is 0.244 e. The molecular formula is C17H26BrN3O3S. The van der Waals surface area contributed by atoms with Crippen molar-refractivity contribution in [2.75, 3.05) is 45.8 Å². The van der Waals surface area contributed by atoms with Crippen LogP contribution in [0.25, 0.3) is 0 Å². The lowest BCUT2D eigenvalue weighted by Gasteiger charge is -2.34. The molecule has 1 fully saturated rings. The molecule has 1 heterocycles. The van der Waals surface area contributed by atoms with E-state index in [4.69, 9.17) is 0 Å². The maximum absolute atomic E-state index is 12.9. The minimum Gasteiger partial charge on any atom is -0.342 e. The number of likely N-dealkylation sites (N-methyl/N-ethyl adjacent to an activating group) is 1. The van der Waals surface area contributed by atoms with E-state index in [9.17, 15) is 13.2 Å². The molecule has 1 aromatic carbocycles. The van der Waals surface area contributed by atoms with Gasteiger partial charge in [-0.25, -0.2) is 8.42 Å². The molecular weight excluding hydrogens is 406 g/mol. The third-order valence-corrected chi connectivity index (χ3v) is 7.39. The minimum absolute atomic E-state index is 0.0996. The summed E-state index contributed by atoms with van der Waals surface area (Å²) in [4.78, 5) is 16.3. The Morgan fingerprint density at radius 1 is 1.16 bits per heavy atom. The average molecular weight is 432 g/mol. The smallest absolute Gasteiger partial charge is 0.244 e. The van der Waals surface area contributed by atoms with Gasteiger partial charge < -0.3 is 4.90 Å². The number of hydrogen-bond acceptors (Lipinski definition) is 4. The zero-order valence-corrected chi connectivity index (χ0v) is 17.4. The highest BCUT2D eigenvalue weighted by Crippen LogP contribution is 2.26. The number of sulfonamides is 1. The molecule has 0 aliphatic carbocycles. The molecule has 1 aliphatic rings. The standard InChI is InChI=1S/C17H26BrN3O3S/c1-4-20(5-2)17(22)13-19-8-10-21(11-9-19)25(23,24)16-7-6-14(3)12-15(16)18/h6-7,12H,4-5,8-11,13H2,1-3H3. The summed E-state index contributed by atoms with van der Waals surface area (Å²) >= 11 is 3.36. The predicted molar refractivity (Wildman–Crippen MR) is 102 cm³/mol. The quantitative estimate of drug-likeness (QED) is 0.690. The van der Waals surface area contributed by atoms with Crippen LogP contribution in [-0.2, 0) is 14.8 Å². The molecule has 25 heavy (non-hydrogen) atoms. The van der Waals surface area contributed by atoms with Crippen LogP contribution in [0.5, 0.6) is 0 Å². The van der Waals surface area contributed by atoms with E-state index < -0.39 is 10.0 Å². The number of hydrogen-bond donors (Lipinski definition) is 0. The number of carbonyl (C=O) groups excluding carboxylic acids is 1. The molecule has 0 saturated carbocycles. The van der Waals surface area contributed by atoms with Gasteiger partial charge in [0.1, 0.15) is 0 Å². The van der Waals surface area contributed by atoms with Gasteiger partial charge in [0.15, 0.2) is 0 Å². The van der Waals surface area contributed by atoms with Gasteiger partial charge in [0.2, 0.25) is 15.9 Å². The van der Waals surface area contributed by atoms with Crippen molar-refractivity contribution in [3.63, 3.8) is 0 Å². The van der Waals surface area contributed by atoms with Gasteiger partial charge in [-0.05, 0) is 54.4 Å². The van der Waals surface area contributed by atoms with Gasteiger partial charge in [-0.2, -0.15) is 4.31 Å². The van der Waals surface area contributed by atoms with Gasteiger partial charge in [-0.1, -0.05) is 6.07 Å². The van der Waals surface area contributed by atoms with Crippen LogP contribution in [0.15, 0.2) is 27.6 Å². The molecule has 0 bridgehead atoms. The molecule has 8 heteroatoms. The van der Waals surface area contributed by atoms with Gasteiger partial charge >= 0.3 is 0 Å². The van der Waals surface area contributed by atoms with Crippen LogP contribution in [0.3, 0.4) is 0 Å². The van der Waals surface area contributed by atoms with E-state index in [2.05, 4.69) is 15.9 Å². The van der Waals surface area contributed by atoms with Crippen LogP contribution in [0.2, 0.25) is 0 Å². The van der Waals surface area contributed by atoms with Gasteiger partial charge in [-0.15, -0.1) is 0 Å². The number of piperazine rings is 1. The molecule has 1 aliphatic heterocycles. The second-order valence-corrected chi connectivity index (χ2v) is 8.94. The van der Waals surface area contributed by atoms with Crippen LogP contribution in [0, 0.1) is 6.92 Å². The molecule has 0 N–H and O–H groups in total. The predicted octanol–water partition coefficient (Wildman–Crippen LogP) is 1.93. The summed E-state index contributed by atoms with van der Waals surface area (Å²) in [6.45, 7) is 9.53. The first-order valence-electron chi connectivity index (χ1n) is 8.56. The van der Waals surface area contributed by atoms with Crippen LogP contribution in [0.4, 0.5) is 0 Å². The molecule has 2 rings (SSSR count). The number of benzene rings is 1. The van der Waals surface area contributed by atoms with Crippen molar-refractivity contribution in [1.82, 2.24) is 14.1 Å². The van der Waals surface area contributed by atoms with E-state index in [-0.39, 0.29) is 5.91 Å². The SMILES string of the molecule is CCN(CC)C(=O)CN1CCN(S(=O)(=O)c2ccc(C)cc2Br)CC1. The summed E-state index contributed by atoms with van der Waals surface area (Å²) in [6, 6.07) is 5.26. The first-order chi connectivity index (χ1) is 11.8. The lowest BCUT2D eigenvalue weighted by Crippen LogP contribution is -2.51.